The van der Waals surface area contributed by atoms with Crippen LogP contribution in [-0.4, -0.2) is 194 Å². The quantitative estimate of drug-likeness (QED) is 0.0283. The Morgan fingerprint density at radius 3 is 1.73 bits per heavy atom. The summed E-state index contributed by atoms with van der Waals surface area (Å²) in [4.78, 5) is 56.9. The van der Waals surface area contributed by atoms with Gasteiger partial charge in [0.1, 0.15) is 11.2 Å². The standard InChI is InChI=1S/C54H80N10O13S/c1-3-4-17-57-50-49-47(61-53(55)62-50)16-22-64(52(49)67)42-44-12-10-43(11-13-44)41-63-20-14-46(15-21-63)51(66)58-19-24-71-26-28-73-30-32-75-34-36-77-38-37-76-35-33-74-31-29-72-27-25-70-23-18-56-48(65)9-7-5-6-8-45-39-59-54(60-40-45)78(2,68)69/h10-13,16,22,39-40,46H,3-5,7,9,14-15,17-21,23-38,41-42H2,1-2H3,(H,56,65)(H,58,66)(H3,55,57,61,62). The molecule has 0 aliphatic carbocycles. The number of pyridine rings is 1. The van der Waals surface area contributed by atoms with Gasteiger partial charge in [-0.15, -0.1) is 0 Å². The molecule has 3 aromatic heterocycles. The lowest BCUT2D eigenvalue weighted by atomic mass is 9.95. The van der Waals surface area contributed by atoms with Crippen LogP contribution >= 0.6 is 0 Å². The molecule has 1 saturated heterocycles. The average molecular weight is 1110 g/mol. The molecule has 430 valence electrons. The Hall–Kier alpha value is -5.72. The minimum absolute atomic E-state index is 0.0117. The Balaban J connectivity index is 0.728. The summed E-state index contributed by atoms with van der Waals surface area (Å²) in [6, 6.07) is 10.1. The lowest BCUT2D eigenvalue weighted by Gasteiger charge is -2.31. The fraction of sp³-hybridized carbons (Fsp3) is 0.611. The van der Waals surface area contributed by atoms with E-state index in [0.717, 1.165) is 57.1 Å². The maximum absolute atomic E-state index is 13.5. The summed E-state index contributed by atoms with van der Waals surface area (Å²) in [7, 11) is -3.45. The number of nitrogens with zero attached hydrogens (tertiary/aromatic N) is 6. The number of nitrogens with two attached hydrogens (primary N) is 1. The van der Waals surface area contributed by atoms with Gasteiger partial charge in [0.2, 0.25) is 32.8 Å². The van der Waals surface area contributed by atoms with Crippen LogP contribution in [0.15, 0.2) is 58.9 Å². The number of ether oxygens (including phenoxy) is 8. The fourth-order valence-electron chi connectivity index (χ4n) is 7.85. The first-order valence-electron chi connectivity index (χ1n) is 26.9. The van der Waals surface area contributed by atoms with E-state index in [1.807, 2.05) is 0 Å². The normalized spacial score (nSPS) is 13.1. The molecule has 2 amide bonds. The lowest BCUT2D eigenvalue weighted by molar-refractivity contribution is -0.126. The second kappa shape index (κ2) is 37.2. The van der Waals surface area contributed by atoms with Crippen molar-refractivity contribution >= 4 is 44.3 Å². The molecular weight excluding hydrogens is 1030 g/mol. The molecule has 0 saturated carbocycles. The van der Waals surface area contributed by atoms with Gasteiger partial charge in [0.05, 0.1) is 123 Å². The van der Waals surface area contributed by atoms with Crippen LogP contribution in [-0.2, 0) is 70.4 Å². The Kier molecular flexibility index (Phi) is 30.1. The van der Waals surface area contributed by atoms with Crippen LogP contribution in [0.1, 0.15) is 68.6 Å². The number of benzene rings is 1. The first-order chi connectivity index (χ1) is 38.0. The summed E-state index contributed by atoms with van der Waals surface area (Å²) >= 11 is 0. The number of fused-ring (bicyclic) bond motifs is 1. The van der Waals surface area contributed by atoms with E-state index in [-0.39, 0.29) is 34.4 Å². The van der Waals surface area contributed by atoms with Gasteiger partial charge in [-0.3, -0.25) is 19.3 Å². The predicted octanol–water partition coefficient (Wildman–Crippen LogP) is 2.63. The maximum Gasteiger partial charge on any atom is 0.264 e. The summed E-state index contributed by atoms with van der Waals surface area (Å²) in [6.45, 7) is 13.5. The second-order valence-corrected chi connectivity index (χ2v) is 20.2. The van der Waals surface area contributed by atoms with Gasteiger partial charge in [-0.1, -0.05) is 49.5 Å². The zero-order chi connectivity index (χ0) is 55.5. The number of nitrogens with one attached hydrogen (secondary N) is 3. The average Bonchev–Trinajstić information content (AvgIpc) is 3.51. The number of anilines is 2. The topological polar surface area (TPSA) is 281 Å². The van der Waals surface area contributed by atoms with E-state index < -0.39 is 9.84 Å². The first kappa shape index (κ1) is 63.1. The Labute approximate surface area is 458 Å². The van der Waals surface area contributed by atoms with Crippen LogP contribution < -0.4 is 27.2 Å². The minimum Gasteiger partial charge on any atom is -0.377 e. The number of hydrogen-bond donors (Lipinski definition) is 4. The summed E-state index contributed by atoms with van der Waals surface area (Å²) in [5.74, 6) is 6.38. The van der Waals surface area contributed by atoms with Crippen molar-refractivity contribution in [2.24, 2.45) is 5.92 Å². The number of amides is 2. The molecule has 0 radical (unpaired) electrons. The Bertz CT molecular complexity index is 2590. The molecule has 4 heterocycles. The summed E-state index contributed by atoms with van der Waals surface area (Å²) in [5.41, 5.74) is 8.99. The van der Waals surface area contributed by atoms with Crippen LogP contribution in [0.5, 0.6) is 0 Å². The largest absolute Gasteiger partial charge is 0.377 e. The van der Waals surface area contributed by atoms with Crippen LogP contribution in [0.2, 0.25) is 0 Å². The second-order valence-electron chi connectivity index (χ2n) is 18.3. The number of aromatic nitrogens is 5. The van der Waals surface area contributed by atoms with Crippen LogP contribution in [0, 0.1) is 17.8 Å². The van der Waals surface area contributed by atoms with Crippen LogP contribution in [0.25, 0.3) is 10.9 Å². The third-order valence-corrected chi connectivity index (χ3v) is 12.9. The molecule has 1 aliphatic heterocycles. The third-order valence-electron chi connectivity index (χ3n) is 12.0. The molecule has 0 spiro atoms. The van der Waals surface area contributed by atoms with Gasteiger partial charge in [-0.05, 0) is 56.0 Å². The molecule has 5 N–H and O–H groups in total. The molecule has 0 atom stereocenters. The molecular formula is C54H80N10O13S. The molecule has 24 heteroatoms. The highest BCUT2D eigenvalue weighted by Crippen LogP contribution is 2.21. The van der Waals surface area contributed by atoms with E-state index in [1.54, 1.807) is 16.8 Å². The molecule has 23 nitrogen and oxygen atoms in total. The van der Waals surface area contributed by atoms with Crippen molar-refractivity contribution in [3.8, 4) is 11.8 Å². The number of nitrogen functional groups attached to an aromatic ring is 1. The van der Waals surface area contributed by atoms with Gasteiger partial charge in [0.15, 0.2) is 0 Å². The molecule has 0 bridgehead atoms. The van der Waals surface area contributed by atoms with E-state index in [9.17, 15) is 22.8 Å². The predicted molar refractivity (Wildman–Crippen MR) is 294 cm³/mol. The van der Waals surface area contributed by atoms with Crippen LogP contribution in [0.3, 0.4) is 0 Å². The van der Waals surface area contributed by atoms with Gasteiger partial charge >= 0.3 is 0 Å². The van der Waals surface area contributed by atoms with Gasteiger partial charge in [-0.2, -0.15) is 4.98 Å². The van der Waals surface area contributed by atoms with Gasteiger partial charge in [0.25, 0.3) is 5.56 Å². The van der Waals surface area contributed by atoms with Crippen molar-refractivity contribution in [1.82, 2.24) is 40.0 Å². The highest BCUT2D eigenvalue weighted by atomic mass is 32.2. The van der Waals surface area contributed by atoms with Crippen molar-refractivity contribution in [2.75, 3.05) is 156 Å². The van der Waals surface area contributed by atoms with E-state index in [0.29, 0.717) is 173 Å². The fourth-order valence-corrected chi connectivity index (χ4v) is 8.34. The number of rotatable bonds is 40. The Morgan fingerprint density at radius 1 is 0.692 bits per heavy atom. The highest BCUT2D eigenvalue weighted by molar-refractivity contribution is 7.90. The summed E-state index contributed by atoms with van der Waals surface area (Å²) < 4.78 is 68.8. The van der Waals surface area contributed by atoms with Crippen LogP contribution in [0.4, 0.5) is 11.8 Å². The molecule has 78 heavy (non-hydrogen) atoms. The third kappa shape index (κ3) is 25.4. The van der Waals surface area contributed by atoms with Gasteiger partial charge in [-0.25, -0.2) is 23.4 Å². The molecule has 4 aromatic rings. The van der Waals surface area contributed by atoms with Crippen molar-refractivity contribution in [1.29, 1.82) is 0 Å². The van der Waals surface area contributed by atoms with Crippen molar-refractivity contribution in [3.05, 3.63) is 76.0 Å². The number of likely N-dealkylation sites (tertiary alicyclic amines) is 1. The number of unbranched alkanes of at least 4 members (excludes halogenated alkanes) is 2. The van der Waals surface area contributed by atoms with E-state index >= 15 is 0 Å². The number of carbonyl (C=O) groups excluding carboxylic acids is 2. The number of piperidine rings is 1. The van der Waals surface area contributed by atoms with Gasteiger partial charge < -0.3 is 64.1 Å². The molecule has 1 aliphatic rings. The molecule has 1 fully saturated rings. The molecule has 0 unspecified atom stereocenters. The van der Waals surface area contributed by atoms with Crippen molar-refractivity contribution in [2.45, 2.75) is 70.1 Å². The maximum atomic E-state index is 13.5. The first-order valence-corrected chi connectivity index (χ1v) is 28.8. The van der Waals surface area contributed by atoms with Gasteiger partial charge in [0, 0.05) is 69.8 Å². The lowest BCUT2D eigenvalue weighted by Crippen LogP contribution is -2.41. The molecule has 1 aromatic carbocycles. The smallest absolute Gasteiger partial charge is 0.264 e. The molecule has 5 rings (SSSR count). The number of carbonyl (C=O) groups is 2. The number of hydrogen-bond acceptors (Lipinski definition) is 20. The summed E-state index contributed by atoms with van der Waals surface area (Å²) in [5, 5.41) is 9.28. The SMILES string of the molecule is CCCCNc1nc(N)nc2ccn(Cc3ccc(CN4CCC(C(=O)NCCOCCOCCOCCOCCOCCOCCOCCOCCNC(=O)CCCC#Cc5cnc(S(C)(=O)=O)nc5)CC4)cc3)c(=O)c12. The van der Waals surface area contributed by atoms with E-state index in [1.165, 1.54) is 18.0 Å². The van der Waals surface area contributed by atoms with Crippen molar-refractivity contribution in [3.63, 3.8) is 0 Å². The Morgan fingerprint density at radius 2 is 1.21 bits per heavy atom. The minimum atomic E-state index is -3.45. The summed E-state index contributed by atoms with van der Waals surface area (Å²) in [6.07, 6.45) is 10.5. The van der Waals surface area contributed by atoms with Crippen molar-refractivity contribution < 1.29 is 55.9 Å². The number of sulfone groups is 1. The zero-order valence-electron chi connectivity index (χ0n) is 45.4. The van der Waals surface area contributed by atoms with E-state index in [4.69, 9.17) is 43.6 Å². The highest BCUT2D eigenvalue weighted by Gasteiger charge is 2.25. The van der Waals surface area contributed by atoms with E-state index in [2.05, 4.69) is 83.8 Å². The monoisotopic (exact) mass is 1110 g/mol. The zero-order valence-corrected chi connectivity index (χ0v) is 46.2.